The molecule has 0 bridgehead atoms. The van der Waals surface area contributed by atoms with Crippen LogP contribution in [0, 0.1) is 5.92 Å². The molecule has 0 aromatic carbocycles. The molecular weight excluding hydrogens is 210 g/mol. The minimum absolute atomic E-state index is 0.122. The summed E-state index contributed by atoms with van der Waals surface area (Å²) in [6.07, 6.45) is 0. The molecule has 0 aliphatic carbocycles. The topological polar surface area (TPSA) is 95.1 Å². The van der Waals surface area contributed by atoms with Crippen LogP contribution < -0.4 is 10.9 Å². The molecule has 0 saturated heterocycles. The van der Waals surface area contributed by atoms with Crippen molar-refractivity contribution in [2.45, 2.75) is 19.9 Å². The Morgan fingerprint density at radius 2 is 2.25 bits per heavy atom. The van der Waals surface area contributed by atoms with Crippen LogP contribution in [0.3, 0.4) is 0 Å². The number of aromatic amines is 1. The summed E-state index contributed by atoms with van der Waals surface area (Å²) >= 11 is 0. The van der Waals surface area contributed by atoms with Crippen LogP contribution in [0.15, 0.2) is 16.9 Å². The number of carbonyl (C=O) groups is 1. The SMILES string of the molecule is CC(C)[C@@H](CO)NC(=O)c1ccc(=O)[nH]n1. The Kier molecular flexibility index (Phi) is 4.19. The van der Waals surface area contributed by atoms with E-state index >= 15 is 0 Å². The summed E-state index contributed by atoms with van der Waals surface area (Å²) in [5, 5.41) is 17.4. The van der Waals surface area contributed by atoms with Gasteiger partial charge in [0.05, 0.1) is 12.6 Å². The van der Waals surface area contributed by atoms with E-state index in [0.717, 1.165) is 0 Å². The first-order valence-electron chi connectivity index (χ1n) is 5.02. The standard InChI is InChI=1S/C10H15N3O3/c1-6(2)8(5-14)11-10(16)7-3-4-9(15)13-12-7/h3-4,6,8,14H,5H2,1-2H3,(H,11,16)(H,13,15)/t8-/m1/s1. The minimum Gasteiger partial charge on any atom is -0.394 e. The van der Waals surface area contributed by atoms with Crippen molar-refractivity contribution in [1.82, 2.24) is 15.5 Å². The van der Waals surface area contributed by atoms with Crippen LogP contribution in [0.5, 0.6) is 0 Å². The lowest BCUT2D eigenvalue weighted by Gasteiger charge is -2.19. The smallest absolute Gasteiger partial charge is 0.272 e. The first-order valence-corrected chi connectivity index (χ1v) is 5.02. The zero-order chi connectivity index (χ0) is 12.1. The molecule has 0 saturated carbocycles. The van der Waals surface area contributed by atoms with Crippen molar-refractivity contribution in [1.29, 1.82) is 0 Å². The third-order valence-corrected chi connectivity index (χ3v) is 2.23. The molecule has 88 valence electrons. The fourth-order valence-electron chi connectivity index (χ4n) is 1.14. The highest BCUT2D eigenvalue weighted by Gasteiger charge is 2.16. The van der Waals surface area contributed by atoms with Crippen molar-refractivity contribution in [2.24, 2.45) is 5.92 Å². The molecule has 0 fully saturated rings. The molecule has 6 nitrogen and oxygen atoms in total. The first kappa shape index (κ1) is 12.4. The van der Waals surface area contributed by atoms with E-state index in [2.05, 4.69) is 15.5 Å². The van der Waals surface area contributed by atoms with Crippen LogP contribution in [0.25, 0.3) is 0 Å². The van der Waals surface area contributed by atoms with Crippen LogP contribution in [0.2, 0.25) is 0 Å². The van der Waals surface area contributed by atoms with Crippen molar-refractivity contribution in [3.05, 3.63) is 28.2 Å². The Hall–Kier alpha value is -1.69. The zero-order valence-corrected chi connectivity index (χ0v) is 9.23. The number of aromatic nitrogens is 2. The molecular formula is C10H15N3O3. The quantitative estimate of drug-likeness (QED) is 0.644. The predicted molar refractivity (Wildman–Crippen MR) is 58.0 cm³/mol. The molecule has 0 aliphatic heterocycles. The van der Waals surface area contributed by atoms with E-state index < -0.39 is 5.91 Å². The van der Waals surface area contributed by atoms with Crippen LogP contribution in [-0.2, 0) is 0 Å². The molecule has 0 unspecified atom stereocenters. The van der Waals surface area contributed by atoms with Gasteiger partial charge in [-0.05, 0) is 12.0 Å². The molecule has 3 N–H and O–H groups in total. The number of hydrogen-bond donors (Lipinski definition) is 3. The van der Waals surface area contributed by atoms with Gasteiger partial charge < -0.3 is 10.4 Å². The van der Waals surface area contributed by atoms with Gasteiger partial charge in [-0.15, -0.1) is 0 Å². The average Bonchev–Trinajstić information content (AvgIpc) is 2.26. The second kappa shape index (κ2) is 5.41. The number of carbonyl (C=O) groups excluding carboxylic acids is 1. The maximum absolute atomic E-state index is 11.6. The lowest BCUT2D eigenvalue weighted by atomic mass is 10.1. The number of hydrogen-bond acceptors (Lipinski definition) is 4. The fraction of sp³-hybridized carbons (Fsp3) is 0.500. The molecule has 0 aliphatic rings. The van der Waals surface area contributed by atoms with E-state index in [9.17, 15) is 9.59 Å². The van der Waals surface area contributed by atoms with Gasteiger partial charge in [0.1, 0.15) is 5.69 Å². The normalized spacial score (nSPS) is 12.5. The highest BCUT2D eigenvalue weighted by Crippen LogP contribution is 2.01. The summed E-state index contributed by atoms with van der Waals surface area (Å²) in [6, 6.07) is 2.25. The van der Waals surface area contributed by atoms with Crippen LogP contribution in [-0.4, -0.2) is 33.9 Å². The van der Waals surface area contributed by atoms with Crippen molar-refractivity contribution in [2.75, 3.05) is 6.61 Å². The van der Waals surface area contributed by atoms with E-state index in [-0.39, 0.29) is 29.8 Å². The summed E-state index contributed by atoms with van der Waals surface area (Å²) in [7, 11) is 0. The fourth-order valence-corrected chi connectivity index (χ4v) is 1.14. The van der Waals surface area contributed by atoms with E-state index in [1.54, 1.807) is 0 Å². The Bertz CT molecular complexity index is 394. The van der Waals surface area contributed by atoms with Crippen molar-refractivity contribution in [3.8, 4) is 0 Å². The van der Waals surface area contributed by atoms with Gasteiger partial charge in [-0.25, -0.2) is 5.10 Å². The third kappa shape index (κ3) is 3.16. The molecule has 1 amide bonds. The number of aliphatic hydroxyl groups excluding tert-OH is 1. The number of amides is 1. The molecule has 1 aromatic rings. The van der Waals surface area contributed by atoms with Gasteiger partial charge in [0.25, 0.3) is 11.5 Å². The van der Waals surface area contributed by atoms with Gasteiger partial charge in [-0.3, -0.25) is 9.59 Å². The van der Waals surface area contributed by atoms with Crippen LogP contribution in [0.4, 0.5) is 0 Å². The maximum atomic E-state index is 11.6. The molecule has 0 spiro atoms. The number of nitrogens with one attached hydrogen (secondary N) is 2. The number of aliphatic hydroxyl groups is 1. The number of H-pyrrole nitrogens is 1. The van der Waals surface area contributed by atoms with Crippen molar-refractivity contribution < 1.29 is 9.90 Å². The molecule has 6 heteroatoms. The van der Waals surface area contributed by atoms with E-state index in [0.29, 0.717) is 0 Å². The van der Waals surface area contributed by atoms with Crippen molar-refractivity contribution >= 4 is 5.91 Å². The predicted octanol–water partition coefficient (Wildman–Crippen LogP) is -0.483. The van der Waals surface area contributed by atoms with Gasteiger partial charge in [0.2, 0.25) is 0 Å². The highest BCUT2D eigenvalue weighted by molar-refractivity contribution is 5.92. The molecule has 0 radical (unpaired) electrons. The van der Waals surface area contributed by atoms with Gasteiger partial charge in [0, 0.05) is 6.07 Å². The second-order valence-electron chi connectivity index (χ2n) is 3.81. The average molecular weight is 225 g/mol. The van der Waals surface area contributed by atoms with Crippen LogP contribution >= 0.6 is 0 Å². The van der Waals surface area contributed by atoms with Crippen molar-refractivity contribution in [3.63, 3.8) is 0 Å². The van der Waals surface area contributed by atoms with E-state index in [1.807, 2.05) is 13.8 Å². The molecule has 1 aromatic heterocycles. The summed E-state index contributed by atoms with van der Waals surface area (Å²) in [4.78, 5) is 22.4. The molecule has 1 rings (SSSR count). The molecule has 16 heavy (non-hydrogen) atoms. The Morgan fingerprint density at radius 3 is 2.69 bits per heavy atom. The zero-order valence-electron chi connectivity index (χ0n) is 9.23. The van der Waals surface area contributed by atoms with E-state index in [1.165, 1.54) is 12.1 Å². The Balaban J connectivity index is 2.71. The highest BCUT2D eigenvalue weighted by atomic mass is 16.3. The summed E-state index contributed by atoms with van der Waals surface area (Å²) in [5.74, 6) is -0.291. The molecule has 1 atom stereocenters. The number of rotatable bonds is 4. The lowest BCUT2D eigenvalue weighted by molar-refractivity contribution is 0.0890. The summed E-state index contributed by atoms with van der Waals surface area (Å²) < 4.78 is 0. The Morgan fingerprint density at radius 1 is 1.56 bits per heavy atom. The van der Waals surface area contributed by atoms with E-state index in [4.69, 9.17) is 5.11 Å². The maximum Gasteiger partial charge on any atom is 0.272 e. The second-order valence-corrected chi connectivity index (χ2v) is 3.81. The van der Waals surface area contributed by atoms with Gasteiger partial charge in [0.15, 0.2) is 0 Å². The Labute approximate surface area is 92.7 Å². The van der Waals surface area contributed by atoms with Gasteiger partial charge in [-0.1, -0.05) is 13.8 Å². The summed E-state index contributed by atoms with van der Waals surface area (Å²) in [5.41, 5.74) is -0.238. The monoisotopic (exact) mass is 225 g/mol. The first-order chi connectivity index (χ1) is 7.54. The van der Waals surface area contributed by atoms with Gasteiger partial charge in [-0.2, -0.15) is 5.10 Å². The van der Waals surface area contributed by atoms with Gasteiger partial charge >= 0.3 is 0 Å². The number of nitrogens with zero attached hydrogens (tertiary/aromatic N) is 1. The largest absolute Gasteiger partial charge is 0.394 e. The minimum atomic E-state index is -0.413. The third-order valence-electron chi connectivity index (χ3n) is 2.23. The molecule has 1 heterocycles. The lowest BCUT2D eigenvalue weighted by Crippen LogP contribution is -2.41. The van der Waals surface area contributed by atoms with Crippen LogP contribution in [0.1, 0.15) is 24.3 Å². The summed E-state index contributed by atoms with van der Waals surface area (Å²) in [6.45, 7) is 3.65.